The molecule has 0 aliphatic carbocycles. The molecule has 0 saturated carbocycles. The van der Waals surface area contributed by atoms with Crippen molar-refractivity contribution >= 4 is 17.3 Å². The first-order valence-electron chi connectivity index (χ1n) is 6.95. The highest BCUT2D eigenvalue weighted by molar-refractivity contribution is 6.30. The van der Waals surface area contributed by atoms with E-state index in [1.165, 1.54) is 38.8 Å². The van der Waals surface area contributed by atoms with Gasteiger partial charge in [-0.25, -0.2) is 0 Å². The third kappa shape index (κ3) is 4.41. The SMILES string of the molecule is N#Cc1cc(Cl)ccc1NCCN1CCCCCC1. The van der Waals surface area contributed by atoms with Gasteiger partial charge in [0.25, 0.3) is 0 Å². The molecule has 0 atom stereocenters. The monoisotopic (exact) mass is 277 g/mol. The van der Waals surface area contributed by atoms with Gasteiger partial charge in [-0.05, 0) is 44.1 Å². The predicted molar refractivity (Wildman–Crippen MR) is 79.6 cm³/mol. The molecule has 102 valence electrons. The summed E-state index contributed by atoms with van der Waals surface area (Å²) in [5.74, 6) is 0. The molecule has 0 bridgehead atoms. The number of halogens is 1. The average molecular weight is 278 g/mol. The number of nitrogens with one attached hydrogen (secondary N) is 1. The van der Waals surface area contributed by atoms with Crippen molar-refractivity contribution in [3.8, 4) is 6.07 Å². The van der Waals surface area contributed by atoms with E-state index in [0.717, 1.165) is 18.8 Å². The number of nitrogens with zero attached hydrogens (tertiary/aromatic N) is 2. The molecule has 0 aromatic heterocycles. The maximum atomic E-state index is 9.07. The highest BCUT2D eigenvalue weighted by Crippen LogP contribution is 2.19. The fourth-order valence-electron chi connectivity index (χ4n) is 2.47. The van der Waals surface area contributed by atoms with E-state index in [9.17, 15) is 0 Å². The topological polar surface area (TPSA) is 39.1 Å². The first kappa shape index (κ1) is 14.2. The maximum absolute atomic E-state index is 9.07. The Kier molecular flexibility index (Phi) is 5.50. The molecule has 1 saturated heterocycles. The lowest BCUT2D eigenvalue weighted by Crippen LogP contribution is -2.30. The van der Waals surface area contributed by atoms with Crippen LogP contribution in [0.5, 0.6) is 0 Å². The molecular weight excluding hydrogens is 258 g/mol. The summed E-state index contributed by atoms with van der Waals surface area (Å²) < 4.78 is 0. The molecule has 2 rings (SSSR count). The van der Waals surface area contributed by atoms with Crippen molar-refractivity contribution in [2.24, 2.45) is 0 Å². The van der Waals surface area contributed by atoms with Crippen LogP contribution >= 0.6 is 11.6 Å². The van der Waals surface area contributed by atoms with Gasteiger partial charge in [-0.2, -0.15) is 5.26 Å². The van der Waals surface area contributed by atoms with Gasteiger partial charge in [0.05, 0.1) is 11.3 Å². The molecule has 1 aromatic rings. The molecule has 4 heteroatoms. The van der Waals surface area contributed by atoms with Gasteiger partial charge in [-0.15, -0.1) is 0 Å². The van der Waals surface area contributed by atoms with Crippen LogP contribution in [0.2, 0.25) is 5.02 Å². The van der Waals surface area contributed by atoms with Crippen LogP contribution in [-0.2, 0) is 0 Å². The molecule has 0 unspecified atom stereocenters. The fraction of sp³-hybridized carbons (Fsp3) is 0.533. The molecular formula is C15H20ClN3. The van der Waals surface area contributed by atoms with Gasteiger partial charge in [0.15, 0.2) is 0 Å². The summed E-state index contributed by atoms with van der Waals surface area (Å²) in [4.78, 5) is 2.50. The number of rotatable bonds is 4. The lowest BCUT2D eigenvalue weighted by molar-refractivity contribution is 0.296. The minimum atomic E-state index is 0.606. The lowest BCUT2D eigenvalue weighted by Gasteiger charge is -2.20. The largest absolute Gasteiger partial charge is 0.383 e. The number of benzene rings is 1. The van der Waals surface area contributed by atoms with Crippen LogP contribution in [0.3, 0.4) is 0 Å². The van der Waals surface area contributed by atoms with E-state index >= 15 is 0 Å². The Morgan fingerprint density at radius 1 is 1.21 bits per heavy atom. The van der Waals surface area contributed by atoms with Crippen molar-refractivity contribution in [1.82, 2.24) is 4.90 Å². The average Bonchev–Trinajstić information content (AvgIpc) is 2.69. The van der Waals surface area contributed by atoms with Crippen molar-refractivity contribution in [1.29, 1.82) is 5.26 Å². The van der Waals surface area contributed by atoms with E-state index in [4.69, 9.17) is 16.9 Å². The highest BCUT2D eigenvalue weighted by Gasteiger charge is 2.08. The van der Waals surface area contributed by atoms with Crippen LogP contribution in [0.25, 0.3) is 0 Å². The van der Waals surface area contributed by atoms with E-state index in [1.54, 1.807) is 6.07 Å². The summed E-state index contributed by atoms with van der Waals surface area (Å²) in [6, 6.07) is 7.57. The summed E-state index contributed by atoms with van der Waals surface area (Å²) >= 11 is 5.88. The molecule has 19 heavy (non-hydrogen) atoms. The molecule has 0 amide bonds. The number of anilines is 1. The molecule has 1 aromatic carbocycles. The number of nitriles is 1. The van der Waals surface area contributed by atoms with Crippen molar-refractivity contribution < 1.29 is 0 Å². The molecule has 1 heterocycles. The third-order valence-corrected chi connectivity index (χ3v) is 3.78. The summed E-state index contributed by atoms with van der Waals surface area (Å²) in [7, 11) is 0. The molecule has 1 N–H and O–H groups in total. The Hall–Kier alpha value is -1.24. The number of hydrogen-bond donors (Lipinski definition) is 1. The maximum Gasteiger partial charge on any atom is 0.101 e. The van der Waals surface area contributed by atoms with Crippen LogP contribution in [0.1, 0.15) is 31.2 Å². The highest BCUT2D eigenvalue weighted by atomic mass is 35.5. The van der Waals surface area contributed by atoms with E-state index in [1.807, 2.05) is 12.1 Å². The predicted octanol–water partition coefficient (Wildman–Crippen LogP) is 3.50. The lowest BCUT2D eigenvalue weighted by atomic mass is 10.2. The van der Waals surface area contributed by atoms with Crippen molar-refractivity contribution in [3.63, 3.8) is 0 Å². The van der Waals surface area contributed by atoms with Crippen LogP contribution < -0.4 is 5.32 Å². The number of hydrogen-bond acceptors (Lipinski definition) is 3. The second kappa shape index (κ2) is 7.37. The first-order valence-corrected chi connectivity index (χ1v) is 7.33. The van der Waals surface area contributed by atoms with E-state index in [0.29, 0.717) is 10.6 Å². The Bertz CT molecular complexity index is 445. The molecule has 1 fully saturated rings. The second-order valence-electron chi connectivity index (χ2n) is 4.98. The summed E-state index contributed by atoms with van der Waals surface area (Å²) in [6.45, 7) is 4.31. The van der Waals surface area contributed by atoms with Crippen LogP contribution in [0.4, 0.5) is 5.69 Å². The quantitative estimate of drug-likeness (QED) is 0.915. The van der Waals surface area contributed by atoms with Gasteiger partial charge in [0, 0.05) is 18.1 Å². The standard InChI is InChI=1S/C15H20ClN3/c16-14-5-6-15(13(11-14)12-17)18-7-10-19-8-3-1-2-4-9-19/h5-6,11,18H,1-4,7-10H2. The minimum absolute atomic E-state index is 0.606. The van der Waals surface area contributed by atoms with Gasteiger partial charge < -0.3 is 10.2 Å². The molecule has 1 aliphatic heterocycles. The Labute approximate surface area is 120 Å². The normalized spacial score (nSPS) is 16.6. The second-order valence-corrected chi connectivity index (χ2v) is 5.42. The van der Waals surface area contributed by atoms with Gasteiger partial charge >= 0.3 is 0 Å². The van der Waals surface area contributed by atoms with Crippen LogP contribution in [-0.4, -0.2) is 31.1 Å². The van der Waals surface area contributed by atoms with E-state index in [2.05, 4.69) is 16.3 Å². The summed E-state index contributed by atoms with van der Waals surface area (Å²) in [6.07, 6.45) is 5.34. The first-order chi connectivity index (χ1) is 9.29. The van der Waals surface area contributed by atoms with Gasteiger partial charge in [-0.1, -0.05) is 24.4 Å². The number of likely N-dealkylation sites (tertiary alicyclic amines) is 1. The van der Waals surface area contributed by atoms with Crippen LogP contribution in [0.15, 0.2) is 18.2 Å². The van der Waals surface area contributed by atoms with Gasteiger partial charge in [0.1, 0.15) is 6.07 Å². The summed E-state index contributed by atoms with van der Waals surface area (Å²) in [5, 5.41) is 13.0. The molecule has 0 radical (unpaired) electrons. The molecule has 0 spiro atoms. The summed E-state index contributed by atoms with van der Waals surface area (Å²) in [5.41, 5.74) is 1.49. The van der Waals surface area contributed by atoms with Gasteiger partial charge in [-0.3, -0.25) is 0 Å². The van der Waals surface area contributed by atoms with Crippen molar-refractivity contribution in [3.05, 3.63) is 28.8 Å². The Morgan fingerprint density at radius 3 is 2.63 bits per heavy atom. The zero-order valence-electron chi connectivity index (χ0n) is 11.2. The third-order valence-electron chi connectivity index (χ3n) is 3.54. The fourth-order valence-corrected chi connectivity index (χ4v) is 2.64. The van der Waals surface area contributed by atoms with Gasteiger partial charge in [0.2, 0.25) is 0 Å². The molecule has 3 nitrogen and oxygen atoms in total. The Morgan fingerprint density at radius 2 is 1.95 bits per heavy atom. The van der Waals surface area contributed by atoms with Crippen molar-refractivity contribution in [2.45, 2.75) is 25.7 Å². The Balaban J connectivity index is 1.83. The van der Waals surface area contributed by atoms with E-state index in [-0.39, 0.29) is 0 Å². The molecule has 1 aliphatic rings. The van der Waals surface area contributed by atoms with E-state index < -0.39 is 0 Å². The minimum Gasteiger partial charge on any atom is -0.383 e. The zero-order valence-corrected chi connectivity index (χ0v) is 11.9. The smallest absolute Gasteiger partial charge is 0.101 e. The van der Waals surface area contributed by atoms with Crippen LogP contribution in [0, 0.1) is 11.3 Å². The zero-order chi connectivity index (χ0) is 13.5. The van der Waals surface area contributed by atoms with Crippen molar-refractivity contribution in [2.75, 3.05) is 31.5 Å².